The Kier molecular flexibility index (Phi) is 3.45. The summed E-state index contributed by atoms with van der Waals surface area (Å²) in [5.41, 5.74) is 3.15. The number of hydrogen-bond donors (Lipinski definition) is 1. The van der Waals surface area contributed by atoms with Gasteiger partial charge in [0, 0.05) is 12.4 Å². The molecule has 138 valence electrons. The Bertz CT molecular complexity index is 1430. The maximum absolute atomic E-state index is 12.8. The maximum Gasteiger partial charge on any atom is 0.431 e. The first kappa shape index (κ1) is 16.4. The lowest BCUT2D eigenvalue weighted by Gasteiger charge is -2.08. The fourth-order valence-electron chi connectivity index (χ4n) is 3.65. The van der Waals surface area contributed by atoms with Crippen molar-refractivity contribution in [2.24, 2.45) is 7.05 Å². The van der Waals surface area contributed by atoms with Crippen molar-refractivity contribution in [1.29, 1.82) is 0 Å². The van der Waals surface area contributed by atoms with Crippen LogP contribution in [0.4, 0.5) is 0 Å². The summed E-state index contributed by atoms with van der Waals surface area (Å²) >= 11 is 0. The van der Waals surface area contributed by atoms with E-state index in [2.05, 4.69) is 5.10 Å². The molecule has 0 atom stereocenters. The zero-order valence-corrected chi connectivity index (χ0v) is 15.5. The number of aryl methyl sites for hydroxylation is 1. The lowest BCUT2D eigenvalue weighted by Crippen LogP contribution is -2.43. The minimum atomic E-state index is -0.376. The third-order valence-electron chi connectivity index (χ3n) is 5.17. The van der Waals surface area contributed by atoms with Gasteiger partial charge >= 0.3 is 11.3 Å². The molecule has 2 aromatic carbocycles. The van der Waals surface area contributed by atoms with Crippen LogP contribution in [0.25, 0.3) is 27.8 Å². The molecule has 5 aromatic rings. The smallest absolute Gasteiger partial charge is 0.431 e. The summed E-state index contributed by atoms with van der Waals surface area (Å²) in [7, 11) is 1.92. The maximum atomic E-state index is 12.8. The highest BCUT2D eigenvalue weighted by Gasteiger charge is 2.26. The highest BCUT2D eigenvalue weighted by molar-refractivity contribution is 6.04. The van der Waals surface area contributed by atoms with Gasteiger partial charge in [-0.05, 0) is 23.5 Å². The van der Waals surface area contributed by atoms with Gasteiger partial charge in [0.25, 0.3) is 5.88 Å². The Morgan fingerprint density at radius 2 is 1.79 bits per heavy atom. The Hall–Kier alpha value is -3.74. The lowest BCUT2D eigenvalue weighted by atomic mass is 10.2. The molecule has 28 heavy (non-hydrogen) atoms. The van der Waals surface area contributed by atoms with E-state index in [-0.39, 0.29) is 17.0 Å². The van der Waals surface area contributed by atoms with E-state index >= 15 is 0 Å². The first-order chi connectivity index (χ1) is 13.6. The summed E-state index contributed by atoms with van der Waals surface area (Å²) in [5.74, 6) is 0.205. The van der Waals surface area contributed by atoms with Crippen molar-refractivity contribution >= 4 is 27.8 Å². The van der Waals surface area contributed by atoms with Crippen molar-refractivity contribution < 1.29 is 9.67 Å². The van der Waals surface area contributed by atoms with Crippen molar-refractivity contribution in [3.8, 4) is 5.88 Å². The number of aromatic nitrogens is 5. The lowest BCUT2D eigenvalue weighted by molar-refractivity contribution is -0.674. The second kappa shape index (κ2) is 5.88. The van der Waals surface area contributed by atoms with Gasteiger partial charge in [0.1, 0.15) is 12.1 Å². The number of hydrogen-bond acceptors (Lipinski definition) is 4. The normalized spacial score (nSPS) is 11.6. The molecule has 0 saturated carbocycles. The van der Waals surface area contributed by atoms with Gasteiger partial charge in [0.15, 0.2) is 5.52 Å². The van der Waals surface area contributed by atoms with Crippen molar-refractivity contribution in [2.75, 3.05) is 0 Å². The van der Waals surface area contributed by atoms with Crippen LogP contribution in [0.2, 0.25) is 0 Å². The zero-order chi connectivity index (χ0) is 19.4. The van der Waals surface area contributed by atoms with Crippen LogP contribution < -0.4 is 10.1 Å². The van der Waals surface area contributed by atoms with Crippen LogP contribution >= 0.6 is 0 Å². The minimum absolute atomic E-state index is 0.0960. The molecule has 7 heteroatoms. The Balaban J connectivity index is 1.91. The van der Waals surface area contributed by atoms with Gasteiger partial charge in [0.05, 0.1) is 5.52 Å². The zero-order valence-electron chi connectivity index (χ0n) is 15.5. The van der Waals surface area contributed by atoms with E-state index in [1.54, 1.807) is 11.5 Å². The van der Waals surface area contributed by atoms with Crippen LogP contribution in [0.5, 0.6) is 5.88 Å². The molecule has 0 saturated heterocycles. The van der Waals surface area contributed by atoms with Gasteiger partial charge in [-0.3, -0.25) is 0 Å². The quantitative estimate of drug-likeness (QED) is 0.482. The molecular formula is C21H18N5O2+. The molecule has 7 nitrogen and oxygen atoms in total. The fourth-order valence-corrected chi connectivity index (χ4v) is 3.65. The van der Waals surface area contributed by atoms with Crippen LogP contribution in [0, 0.1) is 6.92 Å². The van der Waals surface area contributed by atoms with Crippen LogP contribution in [-0.2, 0) is 13.6 Å². The minimum Gasteiger partial charge on any atom is -0.483 e. The summed E-state index contributed by atoms with van der Waals surface area (Å²) in [6, 6.07) is 17.6. The van der Waals surface area contributed by atoms with Crippen LogP contribution in [0.3, 0.4) is 0 Å². The Morgan fingerprint density at radius 1 is 1.07 bits per heavy atom. The number of nitrogens with zero attached hydrogens (tertiary/aromatic N) is 5. The van der Waals surface area contributed by atoms with Gasteiger partial charge in [0.2, 0.25) is 5.65 Å². The number of aromatic hydroxyl groups is 1. The first-order valence-electron chi connectivity index (χ1n) is 9.00. The molecule has 1 N–H and O–H groups in total. The van der Waals surface area contributed by atoms with Crippen molar-refractivity contribution in [2.45, 2.75) is 13.5 Å². The second-order valence-electron chi connectivity index (χ2n) is 6.90. The van der Waals surface area contributed by atoms with E-state index < -0.39 is 0 Å². The number of rotatable bonds is 2. The molecule has 0 amide bonds. The average Bonchev–Trinajstić information content (AvgIpc) is 3.01. The van der Waals surface area contributed by atoms with E-state index in [0.29, 0.717) is 23.5 Å². The van der Waals surface area contributed by atoms with Crippen LogP contribution in [0.1, 0.15) is 11.1 Å². The van der Waals surface area contributed by atoms with Gasteiger partial charge in [-0.15, -0.1) is 0 Å². The Labute approximate surface area is 159 Å². The summed E-state index contributed by atoms with van der Waals surface area (Å²) in [6.07, 6.45) is 0. The van der Waals surface area contributed by atoms with Gasteiger partial charge in [-0.25, -0.2) is 4.79 Å². The van der Waals surface area contributed by atoms with Crippen LogP contribution in [0.15, 0.2) is 59.4 Å². The second-order valence-corrected chi connectivity index (χ2v) is 6.90. The monoisotopic (exact) mass is 372 g/mol. The predicted octanol–water partition coefficient (Wildman–Crippen LogP) is 2.08. The molecule has 0 radical (unpaired) electrons. The molecule has 3 aromatic heterocycles. The molecule has 3 heterocycles. The van der Waals surface area contributed by atoms with E-state index in [1.165, 1.54) is 4.52 Å². The SMILES string of the molecule is Cc1c(O)[n+](Cc2ccccc2)c2nc3c(nn2c1=O)c1ccccc1n3C. The third-order valence-corrected chi connectivity index (χ3v) is 5.17. The van der Waals surface area contributed by atoms with Crippen molar-refractivity contribution in [3.63, 3.8) is 0 Å². The fraction of sp³-hybridized carbons (Fsp3) is 0.143. The standard InChI is InChI=1S/C21H17N5O2/c1-13-19(27)25(12-14-8-4-3-5-9-14)21-22-18-17(23-26(21)20(13)28)15-10-6-7-11-16(15)24(18)2/h3-11H,12H2,1-2H3/p+1. The highest BCUT2D eigenvalue weighted by atomic mass is 16.3. The number of fused-ring (bicyclic) bond motifs is 4. The third kappa shape index (κ3) is 2.22. The van der Waals surface area contributed by atoms with Gasteiger partial charge in [-0.2, -0.15) is 4.57 Å². The molecule has 0 spiro atoms. The average molecular weight is 372 g/mol. The highest BCUT2D eigenvalue weighted by Crippen LogP contribution is 2.24. The van der Waals surface area contributed by atoms with Crippen LogP contribution in [-0.4, -0.2) is 24.3 Å². The van der Waals surface area contributed by atoms with E-state index in [9.17, 15) is 9.90 Å². The van der Waals surface area contributed by atoms with Crippen molar-refractivity contribution in [3.05, 3.63) is 76.1 Å². The summed E-state index contributed by atoms with van der Waals surface area (Å²) in [5, 5.41) is 16.2. The molecule has 0 bridgehead atoms. The molecule has 0 aliphatic heterocycles. The molecule has 5 rings (SSSR count). The largest absolute Gasteiger partial charge is 0.483 e. The predicted molar refractivity (Wildman–Crippen MR) is 105 cm³/mol. The topological polar surface area (TPSA) is 76.3 Å². The summed E-state index contributed by atoms with van der Waals surface area (Å²) in [6.45, 7) is 1.97. The molecule has 0 aliphatic carbocycles. The van der Waals surface area contributed by atoms with Crippen molar-refractivity contribution in [1.82, 2.24) is 19.2 Å². The van der Waals surface area contributed by atoms with E-state index in [4.69, 9.17) is 4.98 Å². The molecular weight excluding hydrogens is 354 g/mol. The molecule has 0 fully saturated rings. The summed E-state index contributed by atoms with van der Waals surface area (Å²) in [4.78, 5) is 17.6. The number of benzene rings is 2. The van der Waals surface area contributed by atoms with Gasteiger partial charge in [-0.1, -0.05) is 58.1 Å². The molecule has 0 unspecified atom stereocenters. The van der Waals surface area contributed by atoms with E-state index in [0.717, 1.165) is 16.5 Å². The van der Waals surface area contributed by atoms with E-state index in [1.807, 2.05) is 66.2 Å². The van der Waals surface area contributed by atoms with Gasteiger partial charge < -0.3 is 9.67 Å². The molecule has 0 aliphatic rings. The summed E-state index contributed by atoms with van der Waals surface area (Å²) < 4.78 is 4.86. The number of para-hydroxylation sites is 1. The Morgan fingerprint density at radius 3 is 2.57 bits per heavy atom. The first-order valence-corrected chi connectivity index (χ1v) is 9.00.